The molecule has 0 spiro atoms. The number of aromatic nitrogens is 2. The number of H-pyrrole nitrogens is 1. The lowest BCUT2D eigenvalue weighted by molar-refractivity contribution is 0.598. The molecule has 0 aliphatic carbocycles. The van der Waals surface area contributed by atoms with Crippen molar-refractivity contribution in [3.05, 3.63) is 62.6 Å². The van der Waals surface area contributed by atoms with Crippen LogP contribution >= 0.6 is 0 Å². The van der Waals surface area contributed by atoms with Gasteiger partial charge in [0.15, 0.2) is 0 Å². The summed E-state index contributed by atoms with van der Waals surface area (Å²) in [6.45, 7) is 1.85. The molecule has 1 aromatic carbocycles. The zero-order valence-corrected chi connectivity index (χ0v) is 10.8. The fourth-order valence-corrected chi connectivity index (χ4v) is 2.16. The number of aromatic amines is 1. The predicted octanol–water partition coefficient (Wildman–Crippen LogP) is 0.934. The Kier molecular flexibility index (Phi) is 3.14. The topological polar surface area (TPSA) is 58.1 Å². The summed E-state index contributed by atoms with van der Waals surface area (Å²) in [7, 11) is 0. The SMILES string of the molecule is O=c1cc(N2CCC2)[nH]c(=O)n1Cc1ccc(F)cc1. The monoisotopic (exact) mass is 275 g/mol. The first kappa shape index (κ1) is 12.7. The molecule has 0 bridgehead atoms. The second-order valence-electron chi connectivity index (χ2n) is 4.85. The molecule has 104 valence electrons. The van der Waals surface area contributed by atoms with Crippen molar-refractivity contribution >= 4 is 5.82 Å². The first-order chi connectivity index (χ1) is 9.63. The number of halogens is 1. The van der Waals surface area contributed by atoms with Crippen LogP contribution in [0.1, 0.15) is 12.0 Å². The molecule has 1 aromatic heterocycles. The van der Waals surface area contributed by atoms with Gasteiger partial charge in [-0.2, -0.15) is 0 Å². The molecule has 3 rings (SSSR count). The molecule has 1 aliphatic rings. The van der Waals surface area contributed by atoms with Crippen LogP contribution in [0.3, 0.4) is 0 Å². The number of nitrogens with one attached hydrogen (secondary N) is 1. The highest BCUT2D eigenvalue weighted by atomic mass is 19.1. The summed E-state index contributed by atoms with van der Waals surface area (Å²) in [5.41, 5.74) is -0.0839. The van der Waals surface area contributed by atoms with Crippen molar-refractivity contribution in [1.82, 2.24) is 9.55 Å². The molecule has 0 saturated carbocycles. The summed E-state index contributed by atoms with van der Waals surface area (Å²) >= 11 is 0. The van der Waals surface area contributed by atoms with Gasteiger partial charge in [-0.05, 0) is 24.1 Å². The van der Waals surface area contributed by atoms with Crippen molar-refractivity contribution in [3.8, 4) is 0 Å². The van der Waals surface area contributed by atoms with E-state index in [2.05, 4.69) is 4.98 Å². The van der Waals surface area contributed by atoms with Crippen molar-refractivity contribution in [2.24, 2.45) is 0 Å². The first-order valence-electron chi connectivity index (χ1n) is 6.47. The van der Waals surface area contributed by atoms with Gasteiger partial charge in [-0.15, -0.1) is 0 Å². The molecule has 1 aliphatic heterocycles. The highest BCUT2D eigenvalue weighted by molar-refractivity contribution is 5.39. The molecule has 2 aromatic rings. The van der Waals surface area contributed by atoms with Crippen molar-refractivity contribution in [2.75, 3.05) is 18.0 Å². The number of hydrogen-bond acceptors (Lipinski definition) is 3. The molecule has 0 radical (unpaired) electrons. The van der Waals surface area contributed by atoms with Gasteiger partial charge in [0, 0.05) is 19.2 Å². The second-order valence-corrected chi connectivity index (χ2v) is 4.85. The Morgan fingerprint density at radius 2 is 1.85 bits per heavy atom. The molecular formula is C14H14FN3O2. The largest absolute Gasteiger partial charge is 0.358 e. The third kappa shape index (κ3) is 2.36. The van der Waals surface area contributed by atoms with Crippen LogP contribution in [-0.2, 0) is 6.54 Å². The summed E-state index contributed by atoms with van der Waals surface area (Å²) in [6, 6.07) is 7.17. The van der Waals surface area contributed by atoms with Gasteiger partial charge in [0.05, 0.1) is 6.54 Å². The molecule has 1 N–H and O–H groups in total. The van der Waals surface area contributed by atoms with Gasteiger partial charge in [-0.25, -0.2) is 9.18 Å². The van der Waals surface area contributed by atoms with Crippen LogP contribution in [0.5, 0.6) is 0 Å². The van der Waals surface area contributed by atoms with Crippen molar-refractivity contribution < 1.29 is 4.39 Å². The van der Waals surface area contributed by atoms with E-state index in [0.717, 1.165) is 24.1 Å². The third-order valence-corrected chi connectivity index (χ3v) is 3.46. The number of nitrogens with zero attached hydrogens (tertiary/aromatic N) is 2. The molecule has 0 unspecified atom stereocenters. The third-order valence-electron chi connectivity index (χ3n) is 3.46. The van der Waals surface area contributed by atoms with E-state index in [4.69, 9.17) is 0 Å². The Morgan fingerprint density at radius 3 is 2.40 bits per heavy atom. The first-order valence-corrected chi connectivity index (χ1v) is 6.47. The minimum Gasteiger partial charge on any atom is -0.358 e. The van der Waals surface area contributed by atoms with Gasteiger partial charge in [0.2, 0.25) is 0 Å². The standard InChI is InChI=1S/C14H14FN3O2/c15-11-4-2-10(3-5-11)9-18-13(19)8-12(16-14(18)20)17-6-1-7-17/h2-5,8H,1,6-7,9H2,(H,16,20). The van der Waals surface area contributed by atoms with Gasteiger partial charge < -0.3 is 4.90 Å². The average molecular weight is 275 g/mol. The van der Waals surface area contributed by atoms with E-state index in [1.807, 2.05) is 4.90 Å². The zero-order valence-electron chi connectivity index (χ0n) is 10.8. The van der Waals surface area contributed by atoms with Crippen molar-refractivity contribution in [1.29, 1.82) is 0 Å². The summed E-state index contributed by atoms with van der Waals surface area (Å²) in [6.07, 6.45) is 1.07. The highest BCUT2D eigenvalue weighted by Crippen LogP contribution is 2.14. The quantitative estimate of drug-likeness (QED) is 0.906. The van der Waals surface area contributed by atoms with Crippen LogP contribution in [0.25, 0.3) is 0 Å². The number of anilines is 1. The van der Waals surface area contributed by atoms with E-state index in [9.17, 15) is 14.0 Å². The molecule has 1 saturated heterocycles. The molecule has 2 heterocycles. The maximum atomic E-state index is 12.8. The van der Waals surface area contributed by atoms with Gasteiger partial charge in [0.25, 0.3) is 5.56 Å². The van der Waals surface area contributed by atoms with Crippen molar-refractivity contribution in [2.45, 2.75) is 13.0 Å². The van der Waals surface area contributed by atoms with E-state index in [1.54, 1.807) is 12.1 Å². The van der Waals surface area contributed by atoms with Crippen LogP contribution in [-0.4, -0.2) is 22.6 Å². The molecule has 0 amide bonds. The summed E-state index contributed by atoms with van der Waals surface area (Å²) in [5.74, 6) is 0.227. The Balaban J connectivity index is 1.91. The lowest BCUT2D eigenvalue weighted by atomic mass is 10.2. The Morgan fingerprint density at radius 1 is 1.15 bits per heavy atom. The van der Waals surface area contributed by atoms with Crippen LogP contribution in [0.2, 0.25) is 0 Å². The second kappa shape index (κ2) is 4.96. The van der Waals surface area contributed by atoms with Gasteiger partial charge in [0.1, 0.15) is 11.6 Å². The molecule has 1 fully saturated rings. The lowest BCUT2D eigenvalue weighted by Crippen LogP contribution is -2.42. The van der Waals surface area contributed by atoms with Crippen LogP contribution in [0.15, 0.2) is 39.9 Å². The van der Waals surface area contributed by atoms with Crippen molar-refractivity contribution in [3.63, 3.8) is 0 Å². The average Bonchev–Trinajstić information content (AvgIpc) is 2.34. The fraction of sp³-hybridized carbons (Fsp3) is 0.286. The molecule has 20 heavy (non-hydrogen) atoms. The molecular weight excluding hydrogens is 261 g/mol. The Hall–Kier alpha value is -2.37. The predicted molar refractivity (Wildman–Crippen MR) is 73.7 cm³/mol. The minimum atomic E-state index is -0.441. The molecule has 0 atom stereocenters. The Labute approximate surface area is 114 Å². The summed E-state index contributed by atoms with van der Waals surface area (Å²) < 4.78 is 13.9. The van der Waals surface area contributed by atoms with Crippen LogP contribution in [0, 0.1) is 5.82 Å². The van der Waals surface area contributed by atoms with Gasteiger partial charge >= 0.3 is 5.69 Å². The molecule has 5 nitrogen and oxygen atoms in total. The van der Waals surface area contributed by atoms with Crippen LogP contribution in [0.4, 0.5) is 10.2 Å². The maximum absolute atomic E-state index is 12.8. The van der Waals surface area contributed by atoms with Crippen LogP contribution < -0.4 is 16.1 Å². The Bertz CT molecular complexity index is 698. The smallest absolute Gasteiger partial charge is 0.330 e. The lowest BCUT2D eigenvalue weighted by Gasteiger charge is -2.32. The number of rotatable bonds is 3. The fourth-order valence-electron chi connectivity index (χ4n) is 2.16. The van der Waals surface area contributed by atoms with E-state index in [1.165, 1.54) is 18.2 Å². The molecule has 6 heteroatoms. The van der Waals surface area contributed by atoms with E-state index in [-0.39, 0.29) is 17.9 Å². The van der Waals surface area contributed by atoms with Gasteiger partial charge in [-0.1, -0.05) is 12.1 Å². The van der Waals surface area contributed by atoms with E-state index < -0.39 is 5.69 Å². The number of benzene rings is 1. The highest BCUT2D eigenvalue weighted by Gasteiger charge is 2.17. The number of hydrogen-bond donors (Lipinski definition) is 1. The zero-order chi connectivity index (χ0) is 14.1. The summed E-state index contributed by atoms with van der Waals surface area (Å²) in [5, 5.41) is 0. The van der Waals surface area contributed by atoms with E-state index in [0.29, 0.717) is 11.4 Å². The summed E-state index contributed by atoms with van der Waals surface area (Å²) in [4.78, 5) is 28.7. The normalized spacial score (nSPS) is 14.2. The minimum absolute atomic E-state index is 0.134. The van der Waals surface area contributed by atoms with E-state index >= 15 is 0 Å². The maximum Gasteiger partial charge on any atom is 0.330 e. The van der Waals surface area contributed by atoms with Gasteiger partial charge in [-0.3, -0.25) is 14.3 Å².